The molecule has 3 aliphatic rings. The third kappa shape index (κ3) is 5.10. The van der Waals surface area contributed by atoms with Crippen LogP contribution in [0.15, 0.2) is 182 Å². The molecule has 0 bridgehead atoms. The summed E-state index contributed by atoms with van der Waals surface area (Å²) in [6.07, 6.45) is 0. The predicted molar refractivity (Wildman–Crippen MR) is 305 cm³/mol. The van der Waals surface area contributed by atoms with Crippen molar-refractivity contribution in [2.45, 2.75) is 71.6 Å². The van der Waals surface area contributed by atoms with E-state index in [4.69, 9.17) is 0 Å². The van der Waals surface area contributed by atoms with E-state index in [1.165, 1.54) is 165 Å². The Balaban J connectivity index is 0.936. The van der Waals surface area contributed by atoms with Crippen LogP contribution in [0.5, 0.6) is 0 Å². The number of benzene rings is 12. The van der Waals surface area contributed by atoms with Gasteiger partial charge in [0.25, 0.3) is 0 Å². The second kappa shape index (κ2) is 13.7. The van der Waals surface area contributed by atoms with Crippen LogP contribution in [0.25, 0.3) is 120 Å². The van der Waals surface area contributed by atoms with Gasteiger partial charge < -0.3 is 0 Å². The van der Waals surface area contributed by atoms with Gasteiger partial charge in [0.1, 0.15) is 0 Å². The molecule has 0 aliphatic heterocycles. The largest absolute Gasteiger partial charge is 0.0616 e. The average Bonchev–Trinajstić information content (AvgIpc) is 3.86. The van der Waals surface area contributed by atoms with Gasteiger partial charge in [-0.3, -0.25) is 0 Å². The molecule has 0 heterocycles. The summed E-state index contributed by atoms with van der Waals surface area (Å²) in [5, 5.41) is 15.9. The van der Waals surface area contributed by atoms with Gasteiger partial charge in [0, 0.05) is 16.2 Å². The second-order valence-electron chi connectivity index (χ2n) is 22.7. The number of fused-ring (bicyclic) bond motifs is 17. The maximum absolute atomic E-state index is 2.62. The first-order valence-electron chi connectivity index (χ1n) is 25.7. The van der Waals surface area contributed by atoms with Crippen LogP contribution >= 0.6 is 0 Å². The summed E-state index contributed by atoms with van der Waals surface area (Å²) >= 11 is 0. The zero-order valence-electron chi connectivity index (χ0n) is 41.8. The zero-order valence-corrected chi connectivity index (χ0v) is 41.8. The van der Waals surface area contributed by atoms with Crippen molar-refractivity contribution in [2.75, 3.05) is 0 Å². The predicted octanol–water partition coefficient (Wildman–Crippen LogP) is 19.5. The number of aryl methyl sites for hydroxylation is 2. The van der Waals surface area contributed by atoms with Crippen LogP contribution in [0, 0.1) is 13.8 Å². The van der Waals surface area contributed by atoms with Gasteiger partial charge in [-0.15, -0.1) is 0 Å². The van der Waals surface area contributed by atoms with E-state index in [2.05, 4.69) is 237 Å². The Labute approximate surface area is 416 Å². The number of hydrogen-bond acceptors (Lipinski definition) is 0. The van der Waals surface area contributed by atoms with Gasteiger partial charge in [0.05, 0.1) is 0 Å². The molecular weight excluding hydrogens is 853 g/mol. The Bertz CT molecular complexity index is 4040. The summed E-state index contributed by atoms with van der Waals surface area (Å²) in [6, 6.07) is 70.2. The fraction of sp³-hybridized carbons (Fsp3) is 0.155. The third-order valence-corrected chi connectivity index (χ3v) is 18.2. The summed E-state index contributed by atoms with van der Waals surface area (Å²) in [5.41, 5.74) is 24.2. The lowest BCUT2D eigenvalue weighted by Gasteiger charge is -2.25. The van der Waals surface area contributed by atoms with Crippen molar-refractivity contribution in [1.82, 2.24) is 0 Å². The fourth-order valence-corrected chi connectivity index (χ4v) is 14.6. The van der Waals surface area contributed by atoms with E-state index < -0.39 is 0 Å². The first-order chi connectivity index (χ1) is 34.4. The molecule has 0 unspecified atom stereocenters. The van der Waals surface area contributed by atoms with Crippen LogP contribution in [0.3, 0.4) is 0 Å². The van der Waals surface area contributed by atoms with Gasteiger partial charge in [-0.25, -0.2) is 0 Å². The maximum atomic E-state index is 2.62. The molecule has 0 fully saturated rings. The quantitative estimate of drug-likeness (QED) is 0.152. The van der Waals surface area contributed by atoms with Crippen molar-refractivity contribution in [2.24, 2.45) is 0 Å². The topological polar surface area (TPSA) is 0 Å². The van der Waals surface area contributed by atoms with Gasteiger partial charge in [-0.05, 0) is 215 Å². The van der Waals surface area contributed by atoms with E-state index >= 15 is 0 Å². The highest BCUT2D eigenvalue weighted by Crippen LogP contribution is 2.62. The molecule has 0 nitrogen and oxygen atoms in total. The molecule has 0 amide bonds. The highest BCUT2D eigenvalue weighted by molar-refractivity contribution is 6.22. The molecule has 0 heteroatoms. The van der Waals surface area contributed by atoms with Crippen LogP contribution in [0.4, 0.5) is 0 Å². The molecule has 0 aromatic heterocycles. The average molecular weight is 907 g/mol. The molecule has 3 aliphatic carbocycles. The van der Waals surface area contributed by atoms with Crippen LogP contribution in [0.1, 0.15) is 86.1 Å². The third-order valence-electron chi connectivity index (χ3n) is 18.2. The van der Waals surface area contributed by atoms with Crippen molar-refractivity contribution in [3.63, 3.8) is 0 Å². The molecule has 338 valence electrons. The minimum absolute atomic E-state index is 0.209. The smallest absolute Gasteiger partial charge is 0.0159 e. The molecule has 71 heavy (non-hydrogen) atoms. The summed E-state index contributed by atoms with van der Waals surface area (Å²) < 4.78 is 0. The highest BCUT2D eigenvalue weighted by Gasteiger charge is 2.46. The van der Waals surface area contributed by atoms with Crippen LogP contribution in [0.2, 0.25) is 0 Å². The Kier molecular flexibility index (Phi) is 7.94. The minimum atomic E-state index is -0.229. The van der Waals surface area contributed by atoms with Crippen molar-refractivity contribution in [1.29, 1.82) is 0 Å². The molecule has 0 atom stereocenters. The molecule has 0 radical (unpaired) electrons. The number of hydrogen-bond donors (Lipinski definition) is 0. The van der Waals surface area contributed by atoms with E-state index in [0.717, 1.165) is 0 Å². The summed E-state index contributed by atoms with van der Waals surface area (Å²) in [5.74, 6) is 0. The first kappa shape index (κ1) is 41.0. The summed E-state index contributed by atoms with van der Waals surface area (Å²) in [6.45, 7) is 19.4. The van der Waals surface area contributed by atoms with E-state index in [0.29, 0.717) is 0 Å². The standard InChI is InChI=1S/C71H54/c1-39-41-21-9-15-27-47(41)65(48-28-16-10-22-42(39)48)55-35-63-67(51-31-19-13-25-45(51)55)57-37-59-53(33-61(57)70(63,5)6)54-34-62-58(38-60(54)69(59,3)4)68-52-32-20-14-26-46(52)56(36-64(68)71(62,7)8)66-49-29-17-11-23-43(49)40(2)44-24-12-18-30-50(44)66/h9-38H,1-8H3. The van der Waals surface area contributed by atoms with Crippen molar-refractivity contribution in [3.8, 4) is 55.6 Å². The molecule has 0 spiro atoms. The lowest BCUT2D eigenvalue weighted by atomic mass is 9.78. The summed E-state index contributed by atoms with van der Waals surface area (Å²) in [7, 11) is 0. The van der Waals surface area contributed by atoms with E-state index in [9.17, 15) is 0 Å². The molecule has 15 rings (SSSR count). The first-order valence-corrected chi connectivity index (χ1v) is 25.7. The van der Waals surface area contributed by atoms with Crippen LogP contribution < -0.4 is 0 Å². The molecule has 0 saturated heterocycles. The SMILES string of the molecule is Cc1c2ccccc2c(-c2cc3c(c4ccccc24)-c2cc4c(cc2C3(C)C)-c2cc3c(cc2C4(C)C)-c2c(cc(-c4c5ccccc5c(C)c5ccccc45)c4ccccc24)C3(C)C)c2ccccc12. The van der Waals surface area contributed by atoms with Gasteiger partial charge >= 0.3 is 0 Å². The van der Waals surface area contributed by atoms with Crippen molar-refractivity contribution < 1.29 is 0 Å². The molecule has 0 saturated carbocycles. The molecule has 12 aromatic rings. The van der Waals surface area contributed by atoms with Crippen LogP contribution in [-0.4, -0.2) is 0 Å². The normalized spacial score (nSPS) is 15.4. The van der Waals surface area contributed by atoms with Gasteiger partial charge in [0.15, 0.2) is 0 Å². The zero-order chi connectivity index (χ0) is 48.0. The Morgan fingerprint density at radius 1 is 0.211 bits per heavy atom. The Morgan fingerprint density at radius 2 is 0.423 bits per heavy atom. The van der Waals surface area contributed by atoms with E-state index in [1.807, 2.05) is 0 Å². The highest BCUT2D eigenvalue weighted by atomic mass is 14.5. The van der Waals surface area contributed by atoms with Gasteiger partial charge in [0.2, 0.25) is 0 Å². The maximum Gasteiger partial charge on any atom is 0.0159 e. The van der Waals surface area contributed by atoms with Crippen molar-refractivity contribution in [3.05, 3.63) is 226 Å². The molecule has 12 aromatic carbocycles. The minimum Gasteiger partial charge on any atom is -0.0616 e. The van der Waals surface area contributed by atoms with Crippen LogP contribution in [-0.2, 0) is 16.2 Å². The van der Waals surface area contributed by atoms with Gasteiger partial charge in [-0.2, -0.15) is 0 Å². The van der Waals surface area contributed by atoms with E-state index in [-0.39, 0.29) is 16.2 Å². The summed E-state index contributed by atoms with van der Waals surface area (Å²) in [4.78, 5) is 0. The van der Waals surface area contributed by atoms with Gasteiger partial charge in [-0.1, -0.05) is 187 Å². The second-order valence-corrected chi connectivity index (χ2v) is 22.7. The van der Waals surface area contributed by atoms with E-state index in [1.54, 1.807) is 0 Å². The Hall–Kier alpha value is -7.80. The lowest BCUT2D eigenvalue weighted by molar-refractivity contribution is 0.649. The molecular formula is C71H54. The lowest BCUT2D eigenvalue weighted by Crippen LogP contribution is -2.17. The Morgan fingerprint density at radius 3 is 0.732 bits per heavy atom. The monoisotopic (exact) mass is 906 g/mol. The van der Waals surface area contributed by atoms with Crippen molar-refractivity contribution >= 4 is 64.6 Å². The molecule has 0 N–H and O–H groups in total. The fourth-order valence-electron chi connectivity index (χ4n) is 14.6. The number of rotatable bonds is 2.